The third-order valence-corrected chi connectivity index (χ3v) is 6.36. The molecule has 1 saturated carbocycles. The topological polar surface area (TPSA) is 3.24 Å². The molecule has 0 unspecified atom stereocenters. The highest BCUT2D eigenvalue weighted by Crippen LogP contribution is 2.32. The number of hydrogen-bond acceptors (Lipinski definition) is 1. The summed E-state index contributed by atoms with van der Waals surface area (Å²) in [6.45, 7) is 7.39. The first-order chi connectivity index (χ1) is 8.48. The van der Waals surface area contributed by atoms with Crippen molar-refractivity contribution < 1.29 is 0 Å². The molecule has 0 radical (unpaired) electrons. The maximum Gasteiger partial charge on any atom is 0.147 e. The predicted molar refractivity (Wildman–Crippen MR) is 86.8 cm³/mol. The molecule has 1 aliphatic rings. The quantitative estimate of drug-likeness (QED) is 0.670. The molecule has 0 aromatic heterocycles. The Morgan fingerprint density at radius 1 is 1.00 bits per heavy atom. The molecule has 1 nitrogen and oxygen atoms in total. The number of nitrogens with zero attached hydrogens (tertiary/aromatic N) is 1. The zero-order valence-electron chi connectivity index (χ0n) is 11.7. The van der Waals surface area contributed by atoms with Gasteiger partial charge in [0.15, 0.2) is 0 Å². The fraction of sp³-hybridized carbons (Fsp3) is 0.600. The van der Waals surface area contributed by atoms with E-state index in [-0.39, 0.29) is 0 Å². The molecule has 18 heavy (non-hydrogen) atoms. The van der Waals surface area contributed by atoms with Gasteiger partial charge in [-0.15, -0.1) is 0 Å². The molecule has 0 aliphatic heterocycles. The van der Waals surface area contributed by atoms with Crippen LogP contribution < -0.4 is 4.57 Å². The van der Waals surface area contributed by atoms with Crippen molar-refractivity contribution in [2.45, 2.75) is 57.8 Å². The van der Waals surface area contributed by atoms with E-state index < -0.39 is 8.24 Å². The van der Waals surface area contributed by atoms with Gasteiger partial charge in [-0.05, 0) is 37.1 Å². The van der Waals surface area contributed by atoms with Gasteiger partial charge in [-0.2, -0.15) is 0 Å². The summed E-state index contributed by atoms with van der Waals surface area (Å²) in [4.78, 5) is 0. The summed E-state index contributed by atoms with van der Waals surface area (Å²) in [5.74, 6) is 0. The molecular formula is C15H24BrNSi. The first-order valence-corrected chi connectivity index (χ1v) is 11.3. The molecule has 0 atom stereocenters. The molecule has 0 amide bonds. The van der Waals surface area contributed by atoms with Gasteiger partial charge in [-0.3, -0.25) is 0 Å². The lowest BCUT2D eigenvalue weighted by Gasteiger charge is -2.44. The van der Waals surface area contributed by atoms with Crippen molar-refractivity contribution in [3.05, 3.63) is 28.7 Å². The second-order valence-corrected chi connectivity index (χ2v) is 12.0. The van der Waals surface area contributed by atoms with E-state index in [9.17, 15) is 0 Å². The maximum atomic E-state index is 3.53. The summed E-state index contributed by atoms with van der Waals surface area (Å²) in [6.07, 6.45) is 6.99. The van der Waals surface area contributed by atoms with Crippen LogP contribution in [0.3, 0.4) is 0 Å². The largest absolute Gasteiger partial charge is 0.395 e. The lowest BCUT2D eigenvalue weighted by atomic mass is 9.95. The van der Waals surface area contributed by atoms with E-state index in [0.29, 0.717) is 0 Å². The number of halogens is 1. The Bertz CT molecular complexity index is 376. The van der Waals surface area contributed by atoms with Crippen LogP contribution in [0.15, 0.2) is 28.7 Å². The summed E-state index contributed by atoms with van der Waals surface area (Å²) in [7, 11) is -1.31. The van der Waals surface area contributed by atoms with Gasteiger partial charge in [-0.25, -0.2) is 0 Å². The van der Waals surface area contributed by atoms with E-state index in [1.807, 2.05) is 0 Å². The van der Waals surface area contributed by atoms with Crippen LogP contribution in [0.5, 0.6) is 0 Å². The molecule has 0 saturated heterocycles. The van der Waals surface area contributed by atoms with Crippen LogP contribution in [0, 0.1) is 0 Å². The second kappa shape index (κ2) is 5.79. The van der Waals surface area contributed by atoms with Crippen LogP contribution in [0.25, 0.3) is 0 Å². The van der Waals surface area contributed by atoms with Crippen LogP contribution in [-0.2, 0) is 0 Å². The van der Waals surface area contributed by atoms with Gasteiger partial charge >= 0.3 is 0 Å². The van der Waals surface area contributed by atoms with Crippen molar-refractivity contribution in [3.8, 4) is 0 Å². The van der Waals surface area contributed by atoms with Crippen LogP contribution >= 0.6 is 15.9 Å². The van der Waals surface area contributed by atoms with Gasteiger partial charge in [0, 0.05) is 16.2 Å². The van der Waals surface area contributed by atoms with E-state index in [2.05, 4.69) is 64.4 Å². The van der Waals surface area contributed by atoms with E-state index in [4.69, 9.17) is 0 Å². The third-order valence-electron chi connectivity index (χ3n) is 3.77. The first kappa shape index (κ1) is 14.1. The van der Waals surface area contributed by atoms with Gasteiger partial charge in [-0.1, -0.05) is 54.8 Å². The fourth-order valence-corrected chi connectivity index (χ4v) is 5.63. The monoisotopic (exact) mass is 325 g/mol. The van der Waals surface area contributed by atoms with E-state index in [1.165, 1.54) is 42.3 Å². The minimum Gasteiger partial charge on any atom is -0.395 e. The fourth-order valence-electron chi connectivity index (χ4n) is 3.09. The molecule has 2 rings (SSSR count). The van der Waals surface area contributed by atoms with Crippen molar-refractivity contribution in [3.63, 3.8) is 0 Å². The average molecular weight is 326 g/mol. The molecule has 3 heteroatoms. The highest BCUT2D eigenvalue weighted by atomic mass is 79.9. The predicted octanol–water partition coefficient (Wildman–Crippen LogP) is 5.42. The first-order valence-electron chi connectivity index (χ1n) is 7.03. The van der Waals surface area contributed by atoms with Crippen LogP contribution in [0.4, 0.5) is 5.69 Å². The molecule has 1 aromatic rings. The lowest BCUT2D eigenvalue weighted by Crippen LogP contribution is -2.53. The van der Waals surface area contributed by atoms with Crippen LogP contribution in [0.2, 0.25) is 19.6 Å². The van der Waals surface area contributed by atoms with Crippen molar-refractivity contribution in [1.29, 1.82) is 0 Å². The van der Waals surface area contributed by atoms with Crippen molar-refractivity contribution >= 4 is 29.9 Å². The van der Waals surface area contributed by atoms with Crippen LogP contribution in [0.1, 0.15) is 32.1 Å². The van der Waals surface area contributed by atoms with E-state index in [0.717, 1.165) is 6.04 Å². The van der Waals surface area contributed by atoms with Gasteiger partial charge in [0.1, 0.15) is 8.24 Å². The lowest BCUT2D eigenvalue weighted by molar-refractivity contribution is 0.440. The van der Waals surface area contributed by atoms with Gasteiger partial charge in [0.25, 0.3) is 0 Å². The zero-order chi connectivity index (χ0) is 13.2. The molecular weight excluding hydrogens is 302 g/mol. The molecule has 1 aromatic carbocycles. The molecule has 0 spiro atoms. The Balaban J connectivity index is 2.27. The molecule has 0 heterocycles. The van der Waals surface area contributed by atoms with Gasteiger partial charge in [0.05, 0.1) is 0 Å². The Hall–Kier alpha value is -0.283. The van der Waals surface area contributed by atoms with Crippen molar-refractivity contribution in [2.75, 3.05) is 4.57 Å². The average Bonchev–Trinajstić information content (AvgIpc) is 2.32. The van der Waals surface area contributed by atoms with Gasteiger partial charge < -0.3 is 4.57 Å². The second-order valence-electron chi connectivity index (χ2n) is 6.31. The summed E-state index contributed by atoms with van der Waals surface area (Å²) >= 11 is 3.53. The van der Waals surface area contributed by atoms with Crippen molar-refractivity contribution in [2.24, 2.45) is 0 Å². The molecule has 0 N–H and O–H groups in total. The molecule has 0 bridgehead atoms. The third kappa shape index (κ3) is 3.38. The zero-order valence-corrected chi connectivity index (χ0v) is 14.3. The summed E-state index contributed by atoms with van der Waals surface area (Å²) in [6, 6.07) is 9.66. The SMILES string of the molecule is C[Si](C)(C)N(c1ccc(Br)cc1)C1CCCCC1. The Labute approximate surface area is 121 Å². The summed E-state index contributed by atoms with van der Waals surface area (Å²) in [5.41, 5.74) is 1.42. The summed E-state index contributed by atoms with van der Waals surface area (Å²) < 4.78 is 3.93. The highest BCUT2D eigenvalue weighted by molar-refractivity contribution is 9.10. The normalized spacial score (nSPS) is 17.8. The highest BCUT2D eigenvalue weighted by Gasteiger charge is 2.31. The number of anilines is 1. The maximum absolute atomic E-state index is 3.53. The van der Waals surface area contributed by atoms with Gasteiger partial charge in [0.2, 0.25) is 0 Å². The minimum atomic E-state index is -1.31. The Morgan fingerprint density at radius 2 is 1.56 bits per heavy atom. The molecule has 1 fully saturated rings. The smallest absolute Gasteiger partial charge is 0.147 e. The number of rotatable bonds is 3. The Morgan fingerprint density at radius 3 is 2.06 bits per heavy atom. The molecule has 1 aliphatic carbocycles. The molecule has 100 valence electrons. The van der Waals surface area contributed by atoms with Crippen LogP contribution in [-0.4, -0.2) is 14.3 Å². The van der Waals surface area contributed by atoms with Crippen molar-refractivity contribution in [1.82, 2.24) is 0 Å². The van der Waals surface area contributed by atoms with E-state index >= 15 is 0 Å². The van der Waals surface area contributed by atoms with E-state index in [1.54, 1.807) is 0 Å². The minimum absolute atomic E-state index is 0.770. The summed E-state index contributed by atoms with van der Waals surface area (Å²) in [5, 5.41) is 0. The number of benzene rings is 1. The number of hydrogen-bond donors (Lipinski definition) is 0. The Kier molecular flexibility index (Phi) is 4.54. The standard InChI is InChI=1S/C15H24BrNSi/c1-18(2,3)17(14-7-5-4-6-8-14)15-11-9-13(16)10-12-15/h9-12,14H,4-8H2,1-3H3.